The topological polar surface area (TPSA) is 88.7 Å². The Labute approximate surface area is 63.8 Å². The van der Waals surface area contributed by atoms with Gasteiger partial charge >= 0.3 is 0 Å². The summed E-state index contributed by atoms with van der Waals surface area (Å²) in [6.07, 6.45) is 0.139. The Morgan fingerprint density at radius 1 is 1.73 bits per heavy atom. The molecule has 0 saturated carbocycles. The third-order valence-electron chi connectivity index (χ3n) is 1.10. The zero-order chi connectivity index (χ0) is 8.27. The van der Waals surface area contributed by atoms with Crippen LogP contribution in [0.5, 0.6) is 0 Å². The average Bonchev–Trinajstić information content (AvgIpc) is 2.37. The second-order valence-corrected chi connectivity index (χ2v) is 2.16. The molecule has 0 aliphatic heterocycles. The lowest BCUT2D eigenvalue weighted by Crippen LogP contribution is -2.04. The van der Waals surface area contributed by atoms with Gasteiger partial charge in [0, 0.05) is 0 Å². The number of aromatic nitrogens is 2. The molecule has 0 bridgehead atoms. The lowest BCUT2D eigenvalue weighted by molar-refractivity contribution is 0.435. The van der Waals surface area contributed by atoms with E-state index in [1.54, 1.807) is 6.92 Å². The third-order valence-corrected chi connectivity index (χ3v) is 1.10. The molecule has 1 atom stereocenters. The zero-order valence-electron chi connectivity index (χ0n) is 6.11. The molecule has 5 heteroatoms. The van der Waals surface area contributed by atoms with Crippen molar-refractivity contribution in [3.05, 3.63) is 11.8 Å². The summed E-state index contributed by atoms with van der Waals surface area (Å²) in [5.41, 5.74) is 5.44. The van der Waals surface area contributed by atoms with Gasteiger partial charge in [0.15, 0.2) is 0 Å². The van der Waals surface area contributed by atoms with Crippen molar-refractivity contribution in [3.8, 4) is 6.07 Å². The molecule has 2 N–H and O–H groups in total. The minimum absolute atomic E-state index is 0.139. The minimum Gasteiger partial charge on any atom is -0.422 e. The fourth-order valence-electron chi connectivity index (χ4n) is 0.590. The van der Waals surface area contributed by atoms with Crippen LogP contribution in [0.4, 0.5) is 0 Å². The van der Waals surface area contributed by atoms with Crippen molar-refractivity contribution in [1.82, 2.24) is 10.2 Å². The van der Waals surface area contributed by atoms with E-state index in [0.29, 0.717) is 11.8 Å². The molecule has 1 rings (SSSR count). The number of nitrogens with two attached hydrogens (primary N) is 1. The van der Waals surface area contributed by atoms with Gasteiger partial charge in [-0.15, -0.1) is 10.2 Å². The van der Waals surface area contributed by atoms with E-state index in [9.17, 15) is 0 Å². The maximum absolute atomic E-state index is 8.26. The molecule has 0 spiro atoms. The normalized spacial score (nSPS) is 12.5. The lowest BCUT2D eigenvalue weighted by Gasteiger charge is -1.93. The van der Waals surface area contributed by atoms with E-state index in [1.807, 2.05) is 6.07 Å². The van der Waals surface area contributed by atoms with E-state index in [1.165, 1.54) is 0 Å². The fraction of sp³-hybridized carbons (Fsp3) is 0.500. The van der Waals surface area contributed by atoms with Crippen LogP contribution in [0.25, 0.3) is 0 Å². The Kier molecular flexibility index (Phi) is 2.18. The third kappa shape index (κ3) is 1.75. The van der Waals surface area contributed by atoms with Crippen molar-refractivity contribution in [2.24, 2.45) is 5.73 Å². The molecular weight excluding hydrogens is 144 g/mol. The molecule has 0 aliphatic rings. The van der Waals surface area contributed by atoms with Crippen molar-refractivity contribution >= 4 is 0 Å². The van der Waals surface area contributed by atoms with Gasteiger partial charge in [0.05, 0.1) is 12.1 Å². The quantitative estimate of drug-likeness (QED) is 0.651. The van der Waals surface area contributed by atoms with Crippen LogP contribution in [0, 0.1) is 11.3 Å². The summed E-state index contributed by atoms with van der Waals surface area (Å²) in [5, 5.41) is 15.5. The molecule has 0 aliphatic carbocycles. The molecule has 1 unspecified atom stereocenters. The Balaban J connectivity index is 2.75. The van der Waals surface area contributed by atoms with E-state index in [2.05, 4.69) is 10.2 Å². The summed E-state index contributed by atoms with van der Waals surface area (Å²) >= 11 is 0. The second kappa shape index (κ2) is 3.12. The number of hydrogen-bond acceptors (Lipinski definition) is 5. The van der Waals surface area contributed by atoms with Crippen LogP contribution in [0.15, 0.2) is 4.42 Å². The van der Waals surface area contributed by atoms with Crippen molar-refractivity contribution < 1.29 is 4.42 Å². The van der Waals surface area contributed by atoms with E-state index >= 15 is 0 Å². The first kappa shape index (κ1) is 7.69. The maximum atomic E-state index is 8.26. The van der Waals surface area contributed by atoms with Crippen LogP contribution in [-0.2, 0) is 6.42 Å². The highest BCUT2D eigenvalue weighted by atomic mass is 16.4. The largest absolute Gasteiger partial charge is 0.422 e. The Morgan fingerprint density at radius 3 is 2.91 bits per heavy atom. The van der Waals surface area contributed by atoms with Crippen LogP contribution < -0.4 is 5.73 Å². The molecule has 5 nitrogen and oxygen atoms in total. The zero-order valence-corrected chi connectivity index (χ0v) is 6.11. The van der Waals surface area contributed by atoms with E-state index in [4.69, 9.17) is 15.4 Å². The van der Waals surface area contributed by atoms with Crippen LogP contribution in [0.3, 0.4) is 0 Å². The molecule has 0 radical (unpaired) electrons. The number of hydrogen-bond donors (Lipinski definition) is 1. The highest BCUT2D eigenvalue weighted by molar-refractivity contribution is 4.92. The SMILES string of the molecule is CC(N)c1nnc(CC#N)o1. The summed E-state index contributed by atoms with van der Waals surface area (Å²) in [6.45, 7) is 1.74. The molecule has 11 heavy (non-hydrogen) atoms. The van der Waals surface area contributed by atoms with E-state index in [-0.39, 0.29) is 12.5 Å². The smallest absolute Gasteiger partial charge is 0.232 e. The van der Waals surface area contributed by atoms with Crippen molar-refractivity contribution in [2.75, 3.05) is 0 Å². The second-order valence-electron chi connectivity index (χ2n) is 2.16. The first-order valence-electron chi connectivity index (χ1n) is 3.19. The predicted octanol–water partition coefficient (Wildman–Crippen LogP) is 0.155. The summed E-state index contributed by atoms with van der Waals surface area (Å²) < 4.78 is 5.02. The van der Waals surface area contributed by atoms with Crippen LogP contribution in [0.1, 0.15) is 24.7 Å². The van der Waals surface area contributed by atoms with Gasteiger partial charge in [0.2, 0.25) is 11.8 Å². The molecule has 0 aromatic carbocycles. The Bertz CT molecular complexity index is 272. The average molecular weight is 152 g/mol. The summed E-state index contributed by atoms with van der Waals surface area (Å²) in [7, 11) is 0. The number of rotatable bonds is 2. The molecule has 58 valence electrons. The van der Waals surface area contributed by atoms with Gasteiger partial charge in [-0.1, -0.05) is 0 Å². The van der Waals surface area contributed by atoms with Crippen LogP contribution >= 0.6 is 0 Å². The van der Waals surface area contributed by atoms with Gasteiger partial charge in [0.25, 0.3) is 0 Å². The first-order valence-corrected chi connectivity index (χ1v) is 3.19. The highest BCUT2D eigenvalue weighted by Gasteiger charge is 2.08. The maximum Gasteiger partial charge on any atom is 0.232 e. The van der Waals surface area contributed by atoms with Crippen LogP contribution in [0.2, 0.25) is 0 Å². The standard InChI is InChI=1S/C6H8N4O/c1-4(8)6-10-9-5(11-6)2-3-7/h4H,2,8H2,1H3. The monoisotopic (exact) mass is 152 g/mol. The lowest BCUT2D eigenvalue weighted by atomic mass is 10.4. The molecule has 0 amide bonds. The summed E-state index contributed by atoms with van der Waals surface area (Å²) in [6, 6.07) is 1.63. The predicted molar refractivity (Wildman–Crippen MR) is 36.2 cm³/mol. The Morgan fingerprint density at radius 2 is 2.45 bits per heavy atom. The highest BCUT2D eigenvalue weighted by Crippen LogP contribution is 2.06. The van der Waals surface area contributed by atoms with E-state index < -0.39 is 0 Å². The van der Waals surface area contributed by atoms with Gasteiger partial charge in [-0.3, -0.25) is 0 Å². The molecule has 1 aromatic rings. The van der Waals surface area contributed by atoms with Gasteiger partial charge < -0.3 is 10.2 Å². The minimum atomic E-state index is -0.269. The first-order chi connectivity index (χ1) is 5.24. The number of nitrogens with zero attached hydrogens (tertiary/aromatic N) is 3. The van der Waals surface area contributed by atoms with Crippen molar-refractivity contribution in [1.29, 1.82) is 5.26 Å². The Hall–Kier alpha value is -1.41. The molecule has 0 saturated heterocycles. The molecule has 1 aromatic heterocycles. The van der Waals surface area contributed by atoms with Gasteiger partial charge in [-0.05, 0) is 6.92 Å². The van der Waals surface area contributed by atoms with Gasteiger partial charge in [-0.2, -0.15) is 5.26 Å². The van der Waals surface area contributed by atoms with Crippen molar-refractivity contribution in [2.45, 2.75) is 19.4 Å². The van der Waals surface area contributed by atoms with Gasteiger partial charge in [-0.25, -0.2) is 0 Å². The molecule has 1 heterocycles. The van der Waals surface area contributed by atoms with Crippen molar-refractivity contribution in [3.63, 3.8) is 0 Å². The summed E-state index contributed by atoms with van der Waals surface area (Å²) in [4.78, 5) is 0. The number of nitriles is 1. The summed E-state index contributed by atoms with van der Waals surface area (Å²) in [5.74, 6) is 0.690. The van der Waals surface area contributed by atoms with E-state index in [0.717, 1.165) is 0 Å². The van der Waals surface area contributed by atoms with Gasteiger partial charge in [0.1, 0.15) is 6.42 Å². The van der Waals surface area contributed by atoms with Crippen LogP contribution in [-0.4, -0.2) is 10.2 Å². The molecular formula is C6H8N4O. The molecule has 0 fully saturated rings. The fourth-order valence-corrected chi connectivity index (χ4v) is 0.590.